The molecule has 0 aliphatic carbocycles. The summed E-state index contributed by atoms with van der Waals surface area (Å²) in [6.07, 6.45) is -64.9. The lowest BCUT2D eigenvalue weighted by Crippen LogP contribution is -2.69. The predicted molar refractivity (Wildman–Crippen MR) is 369 cm³/mol. The van der Waals surface area contributed by atoms with Gasteiger partial charge in [-0.2, -0.15) is 11.8 Å². The molecule has 0 saturated carbocycles. The molecule has 626 valence electrons. The van der Waals surface area contributed by atoms with Crippen LogP contribution in [0.3, 0.4) is 0 Å². The summed E-state index contributed by atoms with van der Waals surface area (Å²) >= 11 is 1.29. The second-order valence-electron chi connectivity index (χ2n) is 29.3. The first-order valence-electron chi connectivity index (χ1n) is 36.6. The molecule has 21 aliphatic heterocycles. The fraction of sp³-hybridized carbons (Fsp3) is 0.910. The van der Waals surface area contributed by atoms with Gasteiger partial charge in [0.2, 0.25) is 0 Å². The Morgan fingerprint density at radius 3 is 0.611 bits per heavy atom. The van der Waals surface area contributed by atoms with Crippen molar-refractivity contribution < 1.29 is 168 Å². The molecule has 0 amide bonds. The van der Waals surface area contributed by atoms with E-state index in [1.807, 2.05) is 30.3 Å². The van der Waals surface area contributed by atoms with Crippen LogP contribution in [0.1, 0.15) is 5.56 Å². The monoisotopic (exact) mass is 1580 g/mol. The Labute approximate surface area is 630 Å². The summed E-state index contributed by atoms with van der Waals surface area (Å²) in [4.78, 5) is 9.32. The molecule has 0 unspecified atom stereocenters. The highest BCUT2D eigenvalue weighted by Crippen LogP contribution is 2.41. The zero-order chi connectivity index (χ0) is 78.5. The lowest BCUT2D eigenvalue weighted by molar-refractivity contribution is -0.394. The van der Waals surface area contributed by atoms with E-state index in [4.69, 9.17) is 66.3 Å². The van der Waals surface area contributed by atoms with Crippen LogP contribution in [0.4, 0.5) is 0 Å². The minimum absolute atomic E-state index is 0.00119. The van der Waals surface area contributed by atoms with E-state index in [1.54, 1.807) is 71.7 Å². The maximum absolute atomic E-state index is 12.4. The Morgan fingerprint density at radius 2 is 0.426 bits per heavy atom. The van der Waals surface area contributed by atoms with Crippen molar-refractivity contribution in [1.29, 1.82) is 0 Å². The van der Waals surface area contributed by atoms with E-state index < -0.39 is 215 Å². The zero-order valence-corrected chi connectivity index (χ0v) is 62.3. The van der Waals surface area contributed by atoms with E-state index in [0.717, 1.165) is 5.56 Å². The van der Waals surface area contributed by atoms with Crippen molar-refractivity contribution in [3.63, 3.8) is 0 Å². The quantitative estimate of drug-likeness (QED) is 0.0370. The van der Waals surface area contributed by atoms with Crippen molar-refractivity contribution in [3.8, 4) is 0 Å². The van der Waals surface area contributed by atoms with Crippen molar-refractivity contribution in [3.05, 3.63) is 35.9 Å². The van der Waals surface area contributed by atoms with E-state index in [2.05, 4.69) is 0 Å². The minimum atomic E-state index is -2.14. The summed E-state index contributed by atoms with van der Waals surface area (Å²) in [7, 11) is 9.40. The fourth-order valence-corrected chi connectivity index (χ4v) is 15.7. The molecule has 21 saturated heterocycles. The third kappa shape index (κ3) is 22.4. The summed E-state index contributed by atoms with van der Waals surface area (Å²) in [6, 6.07) is 9.20. The number of aliphatic hydroxyl groups excluding tert-OH is 20. The number of nitrogens with zero attached hydrogens (tertiary/aromatic N) is 6. The van der Waals surface area contributed by atoms with Crippen LogP contribution in [-0.4, -0.2) is 513 Å². The van der Waals surface area contributed by atoms with Crippen LogP contribution >= 0.6 is 11.8 Å². The predicted octanol–water partition coefficient (Wildman–Crippen LogP) is -12.7. The average Bonchev–Trinajstić information content (AvgIpc) is 0.776. The Morgan fingerprint density at radius 1 is 0.250 bits per heavy atom. The minimum Gasteiger partial charge on any atom is -0.395 e. The molecule has 21 fully saturated rings. The number of ether oxygens (including phenoxy) is 14. The van der Waals surface area contributed by atoms with Crippen LogP contribution in [-0.2, 0) is 72.1 Å². The van der Waals surface area contributed by atoms with Gasteiger partial charge in [-0.1, -0.05) is 30.3 Å². The van der Waals surface area contributed by atoms with Gasteiger partial charge in [-0.15, -0.1) is 0 Å². The molecule has 21 aliphatic rings. The number of thioether (sulfide) groups is 1. The van der Waals surface area contributed by atoms with Crippen molar-refractivity contribution in [2.24, 2.45) is 0 Å². The summed E-state index contributed by atoms with van der Waals surface area (Å²) < 4.78 is 89.8. The fourth-order valence-electron chi connectivity index (χ4n) is 14.7. The molecular formula is C67H118N6O34S. The molecule has 108 heavy (non-hydrogen) atoms. The molecule has 21 heterocycles. The SMILES string of the molecule is CN(CCO)C[C@H]1O[C@@H]2O[C@H]3[C@H](O)[C@@H](O)[C@@H](O[C@H]4[C@H](O)[C@@H](O)[C@@H](O[C@H]5[C@H](O)[C@@H](O)[C@@H](O[C@H]6[C@H](O)[C@@H](O)[C@@H](O[C@H]7[C@H](O)[C@@H](O)[C@@H](O[C@H]8[C@H](O)[C@@H](O)[C@@H](O[C@H]1[C@H](O)[C@H]2O)O[C@@H]8CSCc1ccccc1)O[C@@H]7CN(C)CCO)O[C@@H]6CN(C)CCO)O[C@@H]5CN(C)CCO)O[C@@H]4CN(C)CCO)O[C@@H]3CN(C)CCO. The Kier molecular flexibility index (Phi) is 35.1. The van der Waals surface area contributed by atoms with Crippen molar-refractivity contribution in [2.75, 3.05) is 166 Å². The van der Waals surface area contributed by atoms with Crippen LogP contribution in [0.25, 0.3) is 0 Å². The normalized spacial score (nSPS) is 43.2. The lowest BCUT2D eigenvalue weighted by atomic mass is 9.94. The van der Waals surface area contributed by atoms with Gasteiger partial charge in [-0.25, -0.2) is 0 Å². The molecular weight excluding hydrogens is 1460 g/mol. The maximum Gasteiger partial charge on any atom is 0.187 e. The molecule has 41 heteroatoms. The van der Waals surface area contributed by atoms with Crippen LogP contribution in [0.5, 0.6) is 0 Å². The van der Waals surface area contributed by atoms with Crippen LogP contribution in [0.15, 0.2) is 30.3 Å². The zero-order valence-electron chi connectivity index (χ0n) is 61.5. The maximum atomic E-state index is 12.4. The topological polar surface area (TPSA) is 553 Å². The average molecular weight is 1580 g/mol. The first kappa shape index (κ1) is 89.9. The van der Waals surface area contributed by atoms with Crippen molar-refractivity contribution in [2.45, 2.75) is 221 Å². The molecule has 1 aromatic carbocycles. The lowest BCUT2D eigenvalue weighted by Gasteiger charge is -2.51. The number of hydrogen-bond donors (Lipinski definition) is 20. The van der Waals surface area contributed by atoms with Crippen LogP contribution in [0.2, 0.25) is 0 Å². The van der Waals surface area contributed by atoms with Gasteiger partial charge < -0.3 is 198 Å². The number of benzene rings is 1. The summed E-state index contributed by atoms with van der Waals surface area (Å²) in [5.41, 5.74) is 0.866. The first-order valence-corrected chi connectivity index (χ1v) is 37.8. The Bertz CT molecular complexity index is 2710. The highest BCUT2D eigenvalue weighted by atomic mass is 32.2. The largest absolute Gasteiger partial charge is 0.395 e. The molecule has 0 spiro atoms. The second-order valence-corrected chi connectivity index (χ2v) is 30.3. The van der Waals surface area contributed by atoms with E-state index in [9.17, 15) is 102 Å². The number of hydrogen-bond acceptors (Lipinski definition) is 41. The van der Waals surface area contributed by atoms with Crippen LogP contribution in [0, 0.1) is 0 Å². The summed E-state index contributed by atoms with van der Waals surface area (Å²) in [5.74, 6) is 0.292. The highest BCUT2D eigenvalue weighted by Gasteiger charge is 2.60. The summed E-state index contributed by atoms with van der Waals surface area (Å²) in [5, 5.41) is 232. The van der Waals surface area contributed by atoms with Gasteiger partial charge in [-0.05, 0) is 47.8 Å². The second kappa shape index (κ2) is 42.2. The van der Waals surface area contributed by atoms with E-state index in [0.29, 0.717) is 5.75 Å². The molecule has 1 aromatic rings. The standard InChI is InChI=1S/C67H118N6O34S/c1-68(12-18-74)24-33-54-41(81)48(88)62(95-33)103-56-35(26-70(3)14-20-76)97-64(50(90)43(56)83)105-58-37(28-72(5)16-22-78)99-66(52(92)45(58)85)107-60-39(31-108-30-32-10-8-7-9-11-32)100-67(53(93)46(60)86)106-59-38(29-73(6)17-23-79)98-65(51(91)44(59)84)104-57-36(27-71(4)15-21-77)96-63(49(89)42(57)82)102-55-34(25-69(2)13-19-75)94-61(101-54)47(87)40(55)80/h7-11,33-67,74-93H,12-31H2,1-6H3/t33-,34-,35-,36-,37-,38-,39-,40-,41-,42-,43-,44-,45-,46-,47-,48-,49-,50-,51-,52-,53-,54-,55-,56-,57-,58-,59-,60-,61-,62-,63-,64-,65-,66-,67-/m1/s1. The highest BCUT2D eigenvalue weighted by molar-refractivity contribution is 7.98. The third-order valence-corrected chi connectivity index (χ3v) is 21.9. The molecule has 35 atom stereocenters. The number of rotatable bonds is 28. The van der Waals surface area contributed by atoms with Gasteiger partial charge in [0.05, 0.1) is 45.7 Å². The third-order valence-electron chi connectivity index (χ3n) is 20.8. The number of likely N-dealkylation sites (N-methyl/N-ethyl adjacent to an activating group) is 6. The van der Waals surface area contributed by atoms with Gasteiger partial charge in [0.1, 0.15) is 165 Å². The molecule has 40 nitrogen and oxygen atoms in total. The molecule has 14 bridgehead atoms. The first-order chi connectivity index (χ1) is 51.5. The van der Waals surface area contributed by atoms with Crippen molar-refractivity contribution >= 4 is 11.8 Å². The van der Waals surface area contributed by atoms with Gasteiger partial charge >= 0.3 is 0 Å². The molecule has 0 radical (unpaired) electrons. The smallest absolute Gasteiger partial charge is 0.187 e. The van der Waals surface area contributed by atoms with Crippen molar-refractivity contribution in [1.82, 2.24) is 29.4 Å². The van der Waals surface area contributed by atoms with E-state index in [1.165, 1.54) is 11.8 Å². The number of aliphatic hydroxyl groups is 20. The van der Waals surface area contributed by atoms with E-state index >= 15 is 0 Å². The Hall–Kier alpha value is -2.03. The summed E-state index contributed by atoms with van der Waals surface area (Å²) in [6.45, 7) is -3.72. The van der Waals surface area contributed by atoms with Gasteiger partial charge in [-0.3, -0.25) is 0 Å². The Balaban J connectivity index is 1.12. The van der Waals surface area contributed by atoms with Gasteiger partial charge in [0, 0.05) is 90.0 Å². The molecule has 22 rings (SSSR count). The van der Waals surface area contributed by atoms with Crippen LogP contribution < -0.4 is 0 Å². The van der Waals surface area contributed by atoms with Gasteiger partial charge in [0.25, 0.3) is 0 Å². The molecule has 0 aromatic heterocycles. The van der Waals surface area contributed by atoms with Gasteiger partial charge in [0.15, 0.2) is 44.0 Å². The van der Waals surface area contributed by atoms with E-state index in [-0.39, 0.29) is 124 Å². The molecule has 20 N–H and O–H groups in total.